The van der Waals surface area contributed by atoms with Crippen molar-refractivity contribution in [2.24, 2.45) is 22.7 Å². The quantitative estimate of drug-likeness (QED) is 0.0729. The van der Waals surface area contributed by atoms with Crippen molar-refractivity contribution in [3.63, 3.8) is 0 Å². The Bertz CT molecular complexity index is 3010. The molecule has 16 fully saturated rings. The number of piperidine rings is 4. The molecule has 3 aliphatic carbocycles. The van der Waals surface area contributed by atoms with Gasteiger partial charge in [0, 0.05) is 248 Å². The van der Waals surface area contributed by atoms with Crippen molar-refractivity contribution in [2.75, 3.05) is 277 Å². The highest BCUT2D eigenvalue weighted by Crippen LogP contribution is 2.33. The molecule has 0 unspecified atom stereocenters. The maximum atomic E-state index is 11.1. The van der Waals surface area contributed by atoms with E-state index in [-0.39, 0.29) is 6.10 Å². The molecule has 13 aliphatic heterocycles. The number of likely N-dealkylation sites (N-methyl/N-ethyl adjacent to an activating group) is 5. The van der Waals surface area contributed by atoms with Gasteiger partial charge in [0.25, 0.3) is 0 Å². The summed E-state index contributed by atoms with van der Waals surface area (Å²) >= 11 is 0. The minimum atomic E-state index is -2.99. The lowest BCUT2D eigenvalue weighted by atomic mass is 9.77. The van der Waals surface area contributed by atoms with Gasteiger partial charge < -0.3 is 109 Å². The highest BCUT2D eigenvalue weighted by Gasteiger charge is 2.38. The molecule has 5 N–H and O–H groups in total. The maximum absolute atomic E-state index is 11.1. The van der Waals surface area contributed by atoms with Gasteiger partial charge in [-0.2, -0.15) is 4.31 Å². The van der Waals surface area contributed by atoms with Crippen LogP contribution in [0.2, 0.25) is 0 Å². The van der Waals surface area contributed by atoms with Crippen LogP contribution in [0.25, 0.3) is 0 Å². The Balaban J connectivity index is 0.000000727. The third-order valence-corrected chi connectivity index (χ3v) is 28.5. The molecule has 25 nitrogen and oxygen atoms in total. The predicted molar refractivity (Wildman–Crippen MR) is 591 cm³/mol. The van der Waals surface area contributed by atoms with Crippen molar-refractivity contribution < 1.29 is 18.6 Å². The molecular weight excluding hydrogens is 1710 g/mol. The van der Waals surface area contributed by atoms with Gasteiger partial charge in [-0.05, 0) is 280 Å². The lowest BCUT2D eigenvalue weighted by Crippen LogP contribution is -2.54. The molecule has 26 heteroatoms. The highest BCUT2D eigenvalue weighted by molar-refractivity contribution is 7.88. The average molecular weight is 1920 g/mol. The first-order valence-electron chi connectivity index (χ1n) is 51.8. The number of allylic oxidation sites excluding steroid dienone is 1. The van der Waals surface area contributed by atoms with E-state index in [4.69, 9.17) is 5.11 Å². The molecule has 16 aliphatic rings. The standard InChI is InChI=1S/C9H17N.C9H16.C7H14N2O2S.4C7H14N2.2C7H13NO.3C7H13N.C6H12N2.C6H11N.2C5H9N/c1-4-10-7-5-9(2,3)6-8-10;1-3-9-6-4-8(2)5-7-9;1-3-8-4-6-9(7-5-8)12(2,10)11;4*1-3-9-6-4-8(2)5-7-9;1-3-8-6-4-7(2,9)5-6;1-2-8-5-3-7(9)4-6-8;1-4-8-5-7(2,3)6-8;2*1-2-8-6-4-3-5-7-8;1-3-7-6-4-8(2)5-6;1-2-7-5-3-4-6-7;1-2-6-4-3-5-6;1-2-6-5-3-4-5/h4H,1,5-8H2,2-3H3;3,8-9H,1,4-7H2,2H3;3H,1,4-7H2,2H3;4*3H,1,4-7H2,2H3;3,6,8-9H,1,4-5H2,2H3;2,7,9H,1,3-6H2;4H,1,5-6H2,2-3H3;2*2H,1,3-7H2;3,6-7H,1,4-5H2,2H3;2H,1,3-6H2;2H,1,3-5H2;2,5-6H,1,3-4H2. The molecule has 0 aromatic heterocycles. The molecule has 0 radical (unpaired) electrons. The number of hydrogen-bond acceptors (Lipinski definition) is 24. The Hall–Kier alpha value is -7.53. The molecule has 0 atom stereocenters. The van der Waals surface area contributed by atoms with Crippen LogP contribution in [0.1, 0.15) is 176 Å². The van der Waals surface area contributed by atoms with E-state index in [0.29, 0.717) is 36.0 Å². The van der Waals surface area contributed by atoms with Gasteiger partial charge in [-0.1, -0.05) is 152 Å². The summed E-state index contributed by atoms with van der Waals surface area (Å²) in [4.78, 5) is 38.3. The Labute approximate surface area is 837 Å². The van der Waals surface area contributed by atoms with Crippen LogP contribution < -0.4 is 16.0 Å². The third-order valence-electron chi connectivity index (χ3n) is 27.2. The van der Waals surface area contributed by atoms with Gasteiger partial charge in [-0.15, -0.1) is 6.58 Å². The van der Waals surface area contributed by atoms with E-state index in [1.165, 1.54) is 251 Å². The molecule has 0 aromatic carbocycles. The van der Waals surface area contributed by atoms with E-state index in [2.05, 4.69) is 276 Å². The van der Waals surface area contributed by atoms with Crippen LogP contribution >= 0.6 is 0 Å². The van der Waals surface area contributed by atoms with Crippen LogP contribution in [-0.4, -0.2) is 413 Å². The summed E-state index contributed by atoms with van der Waals surface area (Å²) in [6, 6.07) is 1.90. The number of aliphatic hydroxyl groups is 2. The number of nitrogens with one attached hydrogen (secondary N) is 3. The van der Waals surface area contributed by atoms with E-state index < -0.39 is 15.6 Å². The Morgan fingerprint density at radius 3 is 0.787 bits per heavy atom. The zero-order valence-corrected chi connectivity index (χ0v) is 90.3. The molecule has 13 saturated heterocycles. The Morgan fingerprint density at radius 1 is 0.294 bits per heavy atom. The SMILES string of the molecule is C=CC1CCC(C)CC1.C=CN1CC(C)(C)C1.C=CN1CCC(C)(C)CC1.C=CN1CCC(O)CC1.C=CN1CCC1.C=CN1CCCC1.C=CN1CCCCC1.C=CN1CCCCC1.C=CN1CCN(C)CC1.C=CN1CCN(C)CC1.C=CN1CCN(C)CC1.C=CN1CCN(C)CC1.C=CN1CCN(S(C)(=O)=O)CC1.C=CNC1CC(C)(O)C1.C=CNC1CC1.C=CNC1CN(C)C1. The molecule has 0 aromatic rings. The lowest BCUT2D eigenvalue weighted by molar-refractivity contribution is -0.0354. The summed E-state index contributed by atoms with van der Waals surface area (Å²) in [6.07, 6.45) is 58.0. The second kappa shape index (κ2) is 75.4. The minimum Gasteiger partial charge on any atom is -0.393 e. The molecule has 0 amide bonds. The molecule has 136 heavy (non-hydrogen) atoms. The van der Waals surface area contributed by atoms with Crippen LogP contribution in [-0.2, 0) is 10.0 Å². The van der Waals surface area contributed by atoms with E-state index in [1.54, 1.807) is 24.8 Å². The number of nitrogens with zero attached hydrogens (tertiary/aromatic N) is 18. The fourth-order valence-corrected chi connectivity index (χ4v) is 17.5. The van der Waals surface area contributed by atoms with E-state index in [9.17, 15) is 13.5 Å². The van der Waals surface area contributed by atoms with E-state index in [0.717, 1.165) is 135 Å². The predicted octanol–water partition coefficient (Wildman–Crippen LogP) is 15.4. The van der Waals surface area contributed by atoms with Gasteiger partial charge in [0.05, 0.1) is 24.0 Å². The van der Waals surface area contributed by atoms with Crippen LogP contribution in [0.3, 0.4) is 0 Å². The molecule has 0 bridgehead atoms. The largest absolute Gasteiger partial charge is 0.393 e. The minimum absolute atomic E-state index is 0.0683. The van der Waals surface area contributed by atoms with Gasteiger partial charge in [-0.25, -0.2) is 8.42 Å². The van der Waals surface area contributed by atoms with Gasteiger partial charge in [0.2, 0.25) is 10.0 Å². The second-order valence-corrected chi connectivity index (χ2v) is 42.8. The van der Waals surface area contributed by atoms with Crippen LogP contribution in [0.5, 0.6) is 0 Å². The van der Waals surface area contributed by atoms with E-state index >= 15 is 0 Å². The molecule has 3 saturated carbocycles. The molecule has 0 spiro atoms. The topological polar surface area (TPSA) is 169 Å². The first kappa shape index (κ1) is 126. The number of likely N-dealkylation sites (tertiary alicyclic amines) is 8. The van der Waals surface area contributed by atoms with E-state index in [1.807, 2.05) is 80.0 Å². The third kappa shape index (κ3) is 64.7. The zero-order valence-electron chi connectivity index (χ0n) is 89.5. The summed E-state index contributed by atoms with van der Waals surface area (Å²) < 4.78 is 23.6. The lowest BCUT2D eigenvalue weighted by Gasteiger charge is -2.45. The number of hydrogen-bond donors (Lipinski definition) is 5. The Kier molecular flexibility index (Phi) is 70.1. The number of aliphatic hydroxyl groups excluding tert-OH is 1. The normalized spacial score (nSPS) is 24.1. The van der Waals surface area contributed by atoms with Crippen LogP contribution in [0, 0.1) is 22.7 Å². The molecule has 16 rings (SSSR count). The van der Waals surface area contributed by atoms with Crippen molar-refractivity contribution in [1.29, 1.82) is 0 Å². The van der Waals surface area contributed by atoms with Crippen LogP contribution in [0.15, 0.2) is 204 Å². The summed E-state index contributed by atoms with van der Waals surface area (Å²) in [6.45, 7) is 112. The summed E-state index contributed by atoms with van der Waals surface area (Å²) in [7, 11) is 7.74. The summed E-state index contributed by atoms with van der Waals surface area (Å²) in [5.41, 5.74) is 0.703. The number of sulfonamides is 1. The average Bonchev–Trinajstić information content (AvgIpc) is 1.03. The van der Waals surface area contributed by atoms with Crippen molar-refractivity contribution in [3.05, 3.63) is 204 Å². The van der Waals surface area contributed by atoms with Crippen molar-refractivity contribution >= 4 is 10.0 Å². The molecule has 13 heterocycles. The first-order valence-corrected chi connectivity index (χ1v) is 53.7. The molecule has 784 valence electrons. The zero-order chi connectivity index (χ0) is 102. The van der Waals surface area contributed by atoms with Crippen molar-refractivity contribution in [2.45, 2.75) is 206 Å². The first-order chi connectivity index (χ1) is 64.9. The second-order valence-electron chi connectivity index (χ2n) is 40.8. The summed E-state index contributed by atoms with van der Waals surface area (Å²) in [5.74, 6) is 1.81. The fraction of sp³-hybridized carbons (Fsp3) is 0.709. The van der Waals surface area contributed by atoms with Gasteiger partial charge in [-0.3, -0.25) is 0 Å². The van der Waals surface area contributed by atoms with Gasteiger partial charge in [0.15, 0.2) is 0 Å². The maximum Gasteiger partial charge on any atom is 0.211 e. The Morgan fingerprint density at radius 2 is 0.559 bits per heavy atom. The number of rotatable bonds is 20. The fourth-order valence-electron chi connectivity index (χ4n) is 16.6. The van der Waals surface area contributed by atoms with Gasteiger partial charge in [0.1, 0.15) is 0 Å². The monoisotopic (exact) mass is 1920 g/mol. The van der Waals surface area contributed by atoms with Crippen LogP contribution in [0.4, 0.5) is 0 Å². The molecular formula is C110H209N21O4S. The van der Waals surface area contributed by atoms with Crippen molar-refractivity contribution in [3.8, 4) is 0 Å². The highest BCUT2D eigenvalue weighted by atomic mass is 32.2. The van der Waals surface area contributed by atoms with Crippen molar-refractivity contribution in [1.82, 2.24) is 104 Å². The summed E-state index contributed by atoms with van der Waals surface area (Å²) in [5, 5.41) is 27.6. The smallest absolute Gasteiger partial charge is 0.211 e. The van der Waals surface area contributed by atoms with Gasteiger partial charge >= 0.3 is 0 Å². The number of piperazine rings is 5.